The van der Waals surface area contributed by atoms with Crippen LogP contribution >= 0.6 is 23.2 Å². The molecule has 0 aliphatic heterocycles. The molecule has 2 aromatic carbocycles. The van der Waals surface area contributed by atoms with E-state index in [1.165, 1.54) is 18.3 Å². The van der Waals surface area contributed by atoms with Crippen molar-refractivity contribution in [2.24, 2.45) is 0 Å². The molecule has 2 aromatic rings. The summed E-state index contributed by atoms with van der Waals surface area (Å²) in [5, 5.41) is 25.9. The Hall–Kier alpha value is -3.08. The molecule has 9 heteroatoms. The largest absolute Gasteiger partial charge is 0.359 e. The van der Waals surface area contributed by atoms with Gasteiger partial charge >= 0.3 is 0 Å². The molecule has 0 fully saturated rings. The summed E-state index contributed by atoms with van der Waals surface area (Å²) in [5.41, 5.74) is 1.92. The summed E-state index contributed by atoms with van der Waals surface area (Å²) in [6, 6.07) is 9.03. The zero-order chi connectivity index (χ0) is 20.1. The predicted molar refractivity (Wildman–Crippen MR) is 105 cm³/mol. The summed E-state index contributed by atoms with van der Waals surface area (Å²) >= 11 is 12.1. The molecule has 2 rings (SSSR count). The van der Waals surface area contributed by atoms with Crippen molar-refractivity contribution in [2.45, 2.75) is 13.8 Å². The minimum absolute atomic E-state index is 0.0292. The van der Waals surface area contributed by atoms with Gasteiger partial charge in [0.05, 0.1) is 26.3 Å². The first-order valence-electron chi connectivity index (χ1n) is 7.61. The molecule has 7 nitrogen and oxygen atoms in total. The molecule has 2 N–H and O–H groups in total. The Labute approximate surface area is 165 Å². The van der Waals surface area contributed by atoms with Gasteiger partial charge < -0.3 is 10.6 Å². The number of amides is 1. The number of hydrogen-bond donors (Lipinski definition) is 2. The van der Waals surface area contributed by atoms with Crippen LogP contribution in [0.1, 0.15) is 11.1 Å². The molecular weight excluding hydrogens is 391 g/mol. The number of nitriles is 1. The molecule has 0 atom stereocenters. The van der Waals surface area contributed by atoms with Crippen LogP contribution in [-0.4, -0.2) is 10.8 Å². The zero-order valence-electron chi connectivity index (χ0n) is 14.3. The number of hydrogen-bond acceptors (Lipinski definition) is 5. The number of carbonyl (C=O) groups is 1. The van der Waals surface area contributed by atoms with Crippen LogP contribution in [0.15, 0.2) is 42.1 Å². The second-order valence-corrected chi connectivity index (χ2v) is 6.44. The fourth-order valence-corrected chi connectivity index (χ4v) is 2.84. The number of nitro groups is 1. The van der Waals surface area contributed by atoms with E-state index in [1.54, 1.807) is 12.1 Å². The van der Waals surface area contributed by atoms with Crippen LogP contribution in [-0.2, 0) is 4.79 Å². The summed E-state index contributed by atoms with van der Waals surface area (Å²) in [5.74, 6) is -0.770. The Bertz CT molecular complexity index is 974. The van der Waals surface area contributed by atoms with Gasteiger partial charge in [-0.05, 0) is 37.1 Å². The van der Waals surface area contributed by atoms with E-state index in [0.29, 0.717) is 10.7 Å². The van der Waals surface area contributed by atoms with Crippen LogP contribution < -0.4 is 10.6 Å². The van der Waals surface area contributed by atoms with Crippen LogP contribution in [0, 0.1) is 35.3 Å². The standard InChI is InChI=1S/C18H14Cl2N4O3/c1-10-5-11(2)17(15(20)6-10)22-9-12(8-21)18(25)23-16-7-13(24(26)27)3-4-14(16)19/h3-7,9,22H,1-2H3,(H,23,25)/b12-9-. The molecule has 0 saturated carbocycles. The number of nitro benzene ring substituents is 1. The van der Waals surface area contributed by atoms with Crippen LogP contribution in [0.3, 0.4) is 0 Å². The van der Waals surface area contributed by atoms with Crippen LogP contribution in [0.2, 0.25) is 10.0 Å². The number of non-ortho nitro benzene ring substituents is 1. The van der Waals surface area contributed by atoms with Crippen molar-refractivity contribution >= 4 is 46.2 Å². The maximum absolute atomic E-state index is 12.3. The van der Waals surface area contributed by atoms with Crippen molar-refractivity contribution in [1.29, 1.82) is 5.26 Å². The van der Waals surface area contributed by atoms with E-state index >= 15 is 0 Å². The Morgan fingerprint density at radius 2 is 1.93 bits per heavy atom. The van der Waals surface area contributed by atoms with Gasteiger partial charge in [-0.1, -0.05) is 29.3 Å². The number of anilines is 2. The summed E-state index contributed by atoms with van der Waals surface area (Å²) in [7, 11) is 0. The quantitative estimate of drug-likeness (QED) is 0.316. The van der Waals surface area contributed by atoms with Crippen molar-refractivity contribution in [2.75, 3.05) is 10.6 Å². The van der Waals surface area contributed by atoms with Gasteiger partial charge in [0.1, 0.15) is 11.6 Å². The topological polar surface area (TPSA) is 108 Å². The van der Waals surface area contributed by atoms with E-state index < -0.39 is 10.8 Å². The molecule has 0 heterocycles. The normalized spacial score (nSPS) is 10.9. The Kier molecular flexibility index (Phi) is 6.40. The first kappa shape index (κ1) is 20.2. The number of halogens is 2. The van der Waals surface area contributed by atoms with E-state index in [0.717, 1.165) is 17.2 Å². The Morgan fingerprint density at radius 1 is 1.22 bits per heavy atom. The second-order valence-electron chi connectivity index (χ2n) is 5.63. The molecule has 0 unspecified atom stereocenters. The first-order chi connectivity index (χ1) is 12.7. The van der Waals surface area contributed by atoms with Crippen molar-refractivity contribution in [1.82, 2.24) is 0 Å². The highest BCUT2D eigenvalue weighted by Crippen LogP contribution is 2.28. The van der Waals surface area contributed by atoms with Crippen LogP contribution in [0.25, 0.3) is 0 Å². The third kappa shape index (κ3) is 4.97. The Morgan fingerprint density at radius 3 is 2.52 bits per heavy atom. The van der Waals surface area contributed by atoms with Gasteiger partial charge in [-0.2, -0.15) is 5.26 Å². The van der Waals surface area contributed by atoms with Gasteiger partial charge in [-0.15, -0.1) is 0 Å². The van der Waals surface area contributed by atoms with E-state index in [2.05, 4.69) is 10.6 Å². The fourth-order valence-electron chi connectivity index (χ4n) is 2.30. The molecular formula is C18H14Cl2N4O3. The first-order valence-corrected chi connectivity index (χ1v) is 8.37. The lowest BCUT2D eigenvalue weighted by molar-refractivity contribution is -0.384. The molecule has 0 saturated heterocycles. The molecule has 0 aliphatic rings. The molecule has 1 amide bonds. The molecule has 27 heavy (non-hydrogen) atoms. The lowest BCUT2D eigenvalue weighted by Crippen LogP contribution is -2.15. The van der Waals surface area contributed by atoms with Crippen LogP contribution in [0.4, 0.5) is 17.1 Å². The minimum atomic E-state index is -0.770. The fraction of sp³-hybridized carbons (Fsp3) is 0.111. The summed E-state index contributed by atoms with van der Waals surface area (Å²) < 4.78 is 0. The summed E-state index contributed by atoms with van der Waals surface area (Å²) in [6.45, 7) is 3.74. The zero-order valence-corrected chi connectivity index (χ0v) is 15.9. The molecule has 138 valence electrons. The minimum Gasteiger partial charge on any atom is -0.359 e. The van der Waals surface area contributed by atoms with Gasteiger partial charge in [0.15, 0.2) is 0 Å². The van der Waals surface area contributed by atoms with Gasteiger partial charge in [-0.3, -0.25) is 14.9 Å². The maximum Gasteiger partial charge on any atom is 0.271 e. The molecule has 0 aliphatic carbocycles. The van der Waals surface area contributed by atoms with Gasteiger partial charge in [-0.25, -0.2) is 0 Å². The highest BCUT2D eigenvalue weighted by Gasteiger charge is 2.15. The van der Waals surface area contributed by atoms with Gasteiger partial charge in [0, 0.05) is 18.3 Å². The van der Waals surface area contributed by atoms with E-state index in [9.17, 15) is 20.2 Å². The average molecular weight is 405 g/mol. The number of benzene rings is 2. The molecule has 0 radical (unpaired) electrons. The monoisotopic (exact) mass is 404 g/mol. The highest BCUT2D eigenvalue weighted by molar-refractivity contribution is 6.34. The van der Waals surface area contributed by atoms with Crippen molar-refractivity contribution in [3.05, 3.63) is 73.4 Å². The maximum atomic E-state index is 12.3. The van der Waals surface area contributed by atoms with Crippen LogP contribution in [0.5, 0.6) is 0 Å². The van der Waals surface area contributed by atoms with E-state index in [4.69, 9.17) is 23.2 Å². The van der Waals surface area contributed by atoms with Crippen molar-refractivity contribution < 1.29 is 9.72 Å². The number of carbonyl (C=O) groups excluding carboxylic acids is 1. The lowest BCUT2D eigenvalue weighted by atomic mass is 10.1. The Balaban J connectivity index is 2.24. The summed E-state index contributed by atoms with van der Waals surface area (Å²) in [4.78, 5) is 22.6. The van der Waals surface area contributed by atoms with Crippen molar-refractivity contribution in [3.63, 3.8) is 0 Å². The predicted octanol–water partition coefficient (Wildman–Crippen LogP) is 4.98. The van der Waals surface area contributed by atoms with Crippen molar-refractivity contribution in [3.8, 4) is 6.07 Å². The van der Waals surface area contributed by atoms with E-state index in [-0.39, 0.29) is 22.0 Å². The number of aryl methyl sites for hydroxylation is 2. The summed E-state index contributed by atoms with van der Waals surface area (Å²) in [6.07, 6.45) is 1.21. The lowest BCUT2D eigenvalue weighted by Gasteiger charge is -2.10. The molecule has 0 aromatic heterocycles. The smallest absolute Gasteiger partial charge is 0.271 e. The van der Waals surface area contributed by atoms with E-state index in [1.807, 2.05) is 19.9 Å². The number of nitrogens with zero attached hydrogens (tertiary/aromatic N) is 2. The number of rotatable bonds is 5. The van der Waals surface area contributed by atoms with Gasteiger partial charge in [0.2, 0.25) is 0 Å². The second kappa shape index (κ2) is 8.54. The molecule has 0 spiro atoms. The van der Waals surface area contributed by atoms with Gasteiger partial charge in [0.25, 0.3) is 11.6 Å². The third-order valence-electron chi connectivity index (χ3n) is 3.57. The third-order valence-corrected chi connectivity index (χ3v) is 4.19. The average Bonchev–Trinajstić information content (AvgIpc) is 2.58. The number of nitrogens with one attached hydrogen (secondary N) is 2. The molecule has 0 bridgehead atoms. The highest BCUT2D eigenvalue weighted by atomic mass is 35.5. The SMILES string of the molecule is Cc1cc(C)c(N/C=C(/C#N)C(=O)Nc2cc([N+](=O)[O-])ccc2Cl)c(Cl)c1.